The van der Waals surface area contributed by atoms with Gasteiger partial charge in [-0.25, -0.2) is 0 Å². The van der Waals surface area contributed by atoms with Crippen LogP contribution in [0.3, 0.4) is 0 Å². The van der Waals surface area contributed by atoms with E-state index in [4.69, 9.17) is 4.42 Å². The van der Waals surface area contributed by atoms with E-state index in [2.05, 4.69) is 28.9 Å². The molecule has 1 heterocycles. The van der Waals surface area contributed by atoms with Crippen molar-refractivity contribution < 1.29 is 4.42 Å². The topological polar surface area (TPSA) is 28.4 Å². The van der Waals surface area contributed by atoms with Gasteiger partial charge in [-0.15, -0.1) is 6.58 Å². The van der Waals surface area contributed by atoms with Gasteiger partial charge in [-0.05, 0) is 26.0 Å². The Morgan fingerprint density at radius 3 is 2.90 bits per heavy atom. The smallest absolute Gasteiger partial charge is 0.134 e. The van der Waals surface area contributed by atoms with Gasteiger partial charge in [0.05, 0.1) is 6.54 Å². The molecule has 0 aliphatic heterocycles. The molecule has 0 unspecified atom stereocenters. The fourth-order valence-corrected chi connectivity index (χ4v) is 2.78. The fraction of sp³-hybridized carbons (Fsp3) is 0.412. The first-order valence-electron chi connectivity index (χ1n) is 7.32. The van der Waals surface area contributed by atoms with Gasteiger partial charge in [-0.3, -0.25) is 4.90 Å². The van der Waals surface area contributed by atoms with E-state index in [1.54, 1.807) is 0 Å². The van der Waals surface area contributed by atoms with Crippen LogP contribution in [0.15, 0.2) is 41.3 Å². The summed E-state index contributed by atoms with van der Waals surface area (Å²) in [5.41, 5.74) is 2.31. The van der Waals surface area contributed by atoms with Gasteiger partial charge in [0.25, 0.3) is 0 Å². The third kappa shape index (κ3) is 2.65. The van der Waals surface area contributed by atoms with E-state index in [9.17, 15) is 0 Å². The van der Waals surface area contributed by atoms with Crippen molar-refractivity contribution >= 4 is 11.0 Å². The Morgan fingerprint density at radius 2 is 2.20 bits per heavy atom. The zero-order valence-corrected chi connectivity index (χ0v) is 12.1. The third-order valence-corrected chi connectivity index (χ3v) is 3.91. The third-order valence-electron chi connectivity index (χ3n) is 3.91. The van der Waals surface area contributed by atoms with Gasteiger partial charge >= 0.3 is 0 Å². The molecule has 1 aliphatic rings. The monoisotopic (exact) mass is 270 g/mol. The highest BCUT2D eigenvalue weighted by atomic mass is 16.3. The Labute approximate surface area is 120 Å². The molecule has 3 heteroatoms. The van der Waals surface area contributed by atoms with Crippen LogP contribution < -0.4 is 5.32 Å². The highest BCUT2D eigenvalue weighted by molar-refractivity contribution is 5.82. The van der Waals surface area contributed by atoms with Crippen molar-refractivity contribution in [1.29, 1.82) is 0 Å². The summed E-state index contributed by atoms with van der Waals surface area (Å²) in [5, 5.41) is 4.45. The summed E-state index contributed by atoms with van der Waals surface area (Å²) in [4.78, 5) is 2.50. The summed E-state index contributed by atoms with van der Waals surface area (Å²) in [5.74, 6) is 1.06. The van der Waals surface area contributed by atoms with Crippen LogP contribution in [0.1, 0.15) is 24.2 Å². The normalized spacial score (nSPS) is 15.1. The van der Waals surface area contributed by atoms with E-state index in [0.29, 0.717) is 0 Å². The van der Waals surface area contributed by atoms with Crippen molar-refractivity contribution in [3.8, 4) is 0 Å². The van der Waals surface area contributed by atoms with Crippen LogP contribution in [-0.4, -0.2) is 24.5 Å². The van der Waals surface area contributed by atoms with Crippen molar-refractivity contribution in [3.63, 3.8) is 0 Å². The molecule has 20 heavy (non-hydrogen) atoms. The maximum atomic E-state index is 6.00. The first kappa shape index (κ1) is 13.4. The largest absolute Gasteiger partial charge is 0.459 e. The molecule has 0 amide bonds. The molecule has 3 nitrogen and oxygen atoms in total. The first-order valence-corrected chi connectivity index (χ1v) is 7.32. The van der Waals surface area contributed by atoms with Crippen molar-refractivity contribution in [2.24, 2.45) is 0 Å². The van der Waals surface area contributed by atoms with Crippen LogP contribution in [0.2, 0.25) is 0 Å². The van der Waals surface area contributed by atoms with Crippen molar-refractivity contribution in [2.75, 3.05) is 13.6 Å². The van der Waals surface area contributed by atoms with E-state index < -0.39 is 0 Å². The predicted molar refractivity (Wildman–Crippen MR) is 82.6 cm³/mol. The number of nitrogens with one attached hydrogen (secondary N) is 1. The molecule has 0 spiro atoms. The highest BCUT2D eigenvalue weighted by Gasteiger charge is 2.29. The standard InChI is InChI=1S/C17H22N2O/c1-3-10-19(13-8-9-13)12-15-14-6-4-5-7-16(14)20-17(15)11-18-2/h3-7,13,18H,1,8-12H2,2H3. The van der Waals surface area contributed by atoms with Crippen LogP contribution in [0.5, 0.6) is 0 Å². The lowest BCUT2D eigenvalue weighted by Crippen LogP contribution is -2.26. The molecule has 1 aromatic heterocycles. The number of para-hydroxylation sites is 1. The molecule has 0 bridgehead atoms. The number of fused-ring (bicyclic) bond motifs is 1. The lowest BCUT2D eigenvalue weighted by Gasteiger charge is -2.20. The summed E-state index contributed by atoms with van der Waals surface area (Å²) >= 11 is 0. The number of furan rings is 1. The van der Waals surface area contributed by atoms with Gasteiger partial charge in [-0.2, -0.15) is 0 Å². The Balaban J connectivity index is 1.94. The lowest BCUT2D eigenvalue weighted by molar-refractivity contribution is 0.282. The second kappa shape index (κ2) is 5.81. The minimum absolute atomic E-state index is 0.726. The van der Waals surface area contributed by atoms with Crippen molar-refractivity contribution in [2.45, 2.75) is 32.0 Å². The molecule has 1 fully saturated rings. The zero-order valence-electron chi connectivity index (χ0n) is 12.1. The summed E-state index contributed by atoms with van der Waals surface area (Å²) in [6.45, 7) is 6.55. The summed E-state index contributed by atoms with van der Waals surface area (Å²) in [6.07, 6.45) is 4.62. The number of hydrogen-bond acceptors (Lipinski definition) is 3. The Morgan fingerprint density at radius 1 is 1.40 bits per heavy atom. The molecular formula is C17H22N2O. The average Bonchev–Trinajstić information content (AvgIpc) is 3.24. The summed E-state index contributed by atoms with van der Waals surface area (Å²) < 4.78 is 6.00. The van der Waals surface area contributed by atoms with E-state index >= 15 is 0 Å². The molecule has 1 saturated carbocycles. The highest BCUT2D eigenvalue weighted by Crippen LogP contribution is 2.32. The summed E-state index contributed by atoms with van der Waals surface area (Å²) in [7, 11) is 1.96. The second-order valence-corrected chi connectivity index (χ2v) is 5.48. The molecular weight excluding hydrogens is 248 g/mol. The molecule has 1 N–H and O–H groups in total. The van der Waals surface area contributed by atoms with Crippen LogP contribution in [0.4, 0.5) is 0 Å². The van der Waals surface area contributed by atoms with E-state index in [-0.39, 0.29) is 0 Å². The van der Waals surface area contributed by atoms with Gasteiger partial charge in [0.15, 0.2) is 0 Å². The molecule has 1 aliphatic carbocycles. The molecule has 0 atom stereocenters. The number of rotatable bonds is 7. The van der Waals surface area contributed by atoms with Gasteiger partial charge in [0, 0.05) is 30.1 Å². The van der Waals surface area contributed by atoms with Crippen LogP contribution >= 0.6 is 0 Å². The van der Waals surface area contributed by atoms with Gasteiger partial charge < -0.3 is 9.73 Å². The van der Waals surface area contributed by atoms with Crippen LogP contribution in [0, 0.1) is 0 Å². The molecule has 0 radical (unpaired) electrons. The quantitative estimate of drug-likeness (QED) is 0.782. The van der Waals surface area contributed by atoms with Crippen molar-refractivity contribution in [3.05, 3.63) is 48.2 Å². The van der Waals surface area contributed by atoms with E-state index in [1.165, 1.54) is 23.8 Å². The first-order chi connectivity index (χ1) is 9.83. The lowest BCUT2D eigenvalue weighted by atomic mass is 10.1. The Kier molecular flexibility index (Phi) is 3.90. The van der Waals surface area contributed by atoms with Crippen molar-refractivity contribution in [1.82, 2.24) is 10.2 Å². The number of benzene rings is 1. The predicted octanol–water partition coefficient (Wildman–Crippen LogP) is 3.30. The molecule has 0 saturated heterocycles. The maximum Gasteiger partial charge on any atom is 0.134 e. The Bertz CT molecular complexity index is 598. The SMILES string of the molecule is C=CCN(Cc1c(CNC)oc2ccccc12)C1CC1. The molecule has 3 rings (SSSR count). The minimum atomic E-state index is 0.726. The number of hydrogen-bond donors (Lipinski definition) is 1. The number of nitrogens with zero attached hydrogens (tertiary/aromatic N) is 1. The zero-order chi connectivity index (χ0) is 13.9. The van der Waals surface area contributed by atoms with Gasteiger partial charge in [0.2, 0.25) is 0 Å². The molecule has 1 aromatic carbocycles. The van der Waals surface area contributed by atoms with E-state index in [0.717, 1.165) is 37.0 Å². The Hall–Kier alpha value is -1.58. The molecule has 2 aromatic rings. The maximum absolute atomic E-state index is 6.00. The average molecular weight is 270 g/mol. The second-order valence-electron chi connectivity index (χ2n) is 5.48. The fourth-order valence-electron chi connectivity index (χ4n) is 2.78. The summed E-state index contributed by atoms with van der Waals surface area (Å²) in [6, 6.07) is 9.05. The van der Waals surface area contributed by atoms with E-state index in [1.807, 2.05) is 25.3 Å². The molecule has 106 valence electrons. The van der Waals surface area contributed by atoms with Gasteiger partial charge in [-0.1, -0.05) is 24.3 Å². The van der Waals surface area contributed by atoms with Crippen LogP contribution in [-0.2, 0) is 13.1 Å². The minimum Gasteiger partial charge on any atom is -0.459 e. The van der Waals surface area contributed by atoms with Crippen LogP contribution in [0.25, 0.3) is 11.0 Å². The van der Waals surface area contributed by atoms with Gasteiger partial charge in [0.1, 0.15) is 11.3 Å².